The number of nitrogens with zero attached hydrogens (tertiary/aromatic N) is 3. The second-order valence-electron chi connectivity index (χ2n) is 11.1. The van der Waals surface area contributed by atoms with Gasteiger partial charge in [-0.25, -0.2) is 17.5 Å². The lowest BCUT2D eigenvalue weighted by Crippen LogP contribution is -2.35. The fourth-order valence-corrected chi connectivity index (χ4v) is 6.60. The lowest BCUT2D eigenvalue weighted by Gasteiger charge is -2.26. The van der Waals surface area contributed by atoms with Crippen LogP contribution in [0.5, 0.6) is 0 Å². The molecule has 42 heavy (non-hydrogen) atoms. The Morgan fingerprint density at radius 1 is 1.02 bits per heavy atom. The molecule has 3 heterocycles. The molecule has 2 aliphatic rings. The van der Waals surface area contributed by atoms with E-state index in [2.05, 4.69) is 28.6 Å². The molecule has 1 N–H and O–H groups in total. The number of aromatic nitrogens is 2. The van der Waals surface area contributed by atoms with Gasteiger partial charge in [0, 0.05) is 37.8 Å². The fourth-order valence-electron chi connectivity index (χ4n) is 5.97. The van der Waals surface area contributed by atoms with Crippen molar-refractivity contribution in [3.63, 3.8) is 0 Å². The largest absolute Gasteiger partial charge is 0.338 e. The average molecular weight is 585 g/mol. The number of likely N-dealkylation sites (tertiary alicyclic amines) is 1. The van der Waals surface area contributed by atoms with Gasteiger partial charge in [0.15, 0.2) is 9.84 Å². The number of hydrogen-bond acceptors (Lipinski definition) is 5. The molecule has 1 aromatic heterocycles. The van der Waals surface area contributed by atoms with Crippen LogP contribution < -0.4 is 5.32 Å². The van der Waals surface area contributed by atoms with Crippen LogP contribution in [-0.2, 0) is 16.3 Å². The molecule has 7 nitrogen and oxygen atoms in total. The SMILES string of the molecule is CS(=O)(=O)c1ccc(CC2CC(c3c(C(=O)N4CC[C@H](c5ccccc5)C4)cnn3-c3ccc(F)cc3)=CCN2)cc1. The van der Waals surface area contributed by atoms with Crippen molar-refractivity contribution in [1.82, 2.24) is 20.0 Å². The first-order chi connectivity index (χ1) is 20.3. The summed E-state index contributed by atoms with van der Waals surface area (Å²) in [5, 5.41) is 8.16. The van der Waals surface area contributed by atoms with Crippen LogP contribution >= 0.6 is 0 Å². The standard InChI is InChI=1S/C33H33FN4O3S/c1-42(40,41)30-13-7-23(8-14-30)19-28-20-25(15-17-35-28)32-31(21-36-38(32)29-11-9-27(34)10-12-29)33(39)37-18-16-26(22-37)24-5-3-2-4-6-24/h2-15,21,26,28,35H,16-20,22H2,1H3/t26-,28?/m0/s1. The van der Waals surface area contributed by atoms with Crippen molar-refractivity contribution in [3.05, 3.63) is 119 Å². The number of benzene rings is 3. The summed E-state index contributed by atoms with van der Waals surface area (Å²) in [4.78, 5) is 16.2. The summed E-state index contributed by atoms with van der Waals surface area (Å²) >= 11 is 0. The maximum Gasteiger partial charge on any atom is 0.257 e. The Bertz CT molecular complexity index is 1720. The molecule has 0 bridgehead atoms. The number of amides is 1. The number of hydrogen-bond donors (Lipinski definition) is 1. The normalized spacial score (nSPS) is 19.1. The van der Waals surface area contributed by atoms with Crippen LogP contribution in [0.4, 0.5) is 4.39 Å². The maximum absolute atomic E-state index is 14.0. The number of halogens is 1. The van der Waals surface area contributed by atoms with E-state index in [-0.39, 0.29) is 17.8 Å². The summed E-state index contributed by atoms with van der Waals surface area (Å²) in [6, 6.07) is 23.5. The fraction of sp³-hybridized carbons (Fsp3) is 0.273. The van der Waals surface area contributed by atoms with Gasteiger partial charge in [-0.2, -0.15) is 5.10 Å². The summed E-state index contributed by atoms with van der Waals surface area (Å²) < 4.78 is 39.3. The Morgan fingerprint density at radius 2 is 1.76 bits per heavy atom. The van der Waals surface area contributed by atoms with Crippen LogP contribution in [0.3, 0.4) is 0 Å². The van der Waals surface area contributed by atoms with Gasteiger partial charge in [0.1, 0.15) is 5.82 Å². The Balaban J connectivity index is 1.28. The third-order valence-electron chi connectivity index (χ3n) is 8.18. The monoisotopic (exact) mass is 584 g/mol. The summed E-state index contributed by atoms with van der Waals surface area (Å²) in [6.07, 6.45) is 7.18. The zero-order valence-electron chi connectivity index (χ0n) is 23.4. The van der Waals surface area contributed by atoms with Gasteiger partial charge < -0.3 is 10.2 Å². The van der Waals surface area contributed by atoms with E-state index in [9.17, 15) is 17.6 Å². The molecule has 0 saturated carbocycles. The van der Waals surface area contributed by atoms with E-state index in [1.54, 1.807) is 35.1 Å². The van der Waals surface area contributed by atoms with E-state index in [0.29, 0.717) is 54.5 Å². The highest BCUT2D eigenvalue weighted by atomic mass is 32.2. The molecule has 2 aliphatic heterocycles. The Labute approximate surface area is 245 Å². The van der Waals surface area contributed by atoms with E-state index in [1.807, 2.05) is 35.2 Å². The van der Waals surface area contributed by atoms with Crippen molar-refractivity contribution in [2.24, 2.45) is 0 Å². The van der Waals surface area contributed by atoms with Crippen LogP contribution in [0.25, 0.3) is 11.3 Å². The molecule has 2 atom stereocenters. The van der Waals surface area contributed by atoms with Crippen molar-refractivity contribution in [2.75, 3.05) is 25.9 Å². The van der Waals surface area contributed by atoms with Crippen molar-refractivity contribution in [1.29, 1.82) is 0 Å². The zero-order chi connectivity index (χ0) is 29.3. The number of carbonyl (C=O) groups is 1. The van der Waals surface area contributed by atoms with E-state index in [4.69, 9.17) is 0 Å². The lowest BCUT2D eigenvalue weighted by molar-refractivity contribution is 0.0790. The minimum Gasteiger partial charge on any atom is -0.338 e. The van der Waals surface area contributed by atoms with Crippen molar-refractivity contribution >= 4 is 21.3 Å². The second kappa shape index (κ2) is 11.7. The molecule has 1 fully saturated rings. The van der Waals surface area contributed by atoms with Crippen LogP contribution in [0.1, 0.15) is 45.9 Å². The van der Waals surface area contributed by atoms with Gasteiger partial charge >= 0.3 is 0 Å². The van der Waals surface area contributed by atoms with Crippen molar-refractivity contribution in [2.45, 2.75) is 36.1 Å². The zero-order valence-corrected chi connectivity index (χ0v) is 24.2. The van der Waals surface area contributed by atoms with Gasteiger partial charge in [0.25, 0.3) is 5.91 Å². The van der Waals surface area contributed by atoms with Crippen LogP contribution in [0.2, 0.25) is 0 Å². The average Bonchev–Trinajstić information content (AvgIpc) is 3.66. The number of carbonyl (C=O) groups excluding carboxylic acids is 1. The number of nitrogens with one attached hydrogen (secondary N) is 1. The predicted molar refractivity (Wildman–Crippen MR) is 161 cm³/mol. The molecule has 6 rings (SSSR count). The third-order valence-corrected chi connectivity index (χ3v) is 9.30. The minimum atomic E-state index is -3.26. The molecule has 1 amide bonds. The van der Waals surface area contributed by atoms with E-state index in [0.717, 1.165) is 23.3 Å². The molecule has 4 aromatic rings. The van der Waals surface area contributed by atoms with E-state index in [1.165, 1.54) is 24.0 Å². The van der Waals surface area contributed by atoms with E-state index >= 15 is 0 Å². The highest BCUT2D eigenvalue weighted by Crippen LogP contribution is 2.33. The Kier molecular flexibility index (Phi) is 7.79. The first-order valence-electron chi connectivity index (χ1n) is 14.2. The molecular formula is C33H33FN4O3S. The summed E-state index contributed by atoms with van der Waals surface area (Å²) in [5.74, 6) is -0.0951. The number of rotatable bonds is 7. The van der Waals surface area contributed by atoms with Crippen molar-refractivity contribution in [3.8, 4) is 5.69 Å². The Morgan fingerprint density at radius 3 is 2.48 bits per heavy atom. The van der Waals surface area contributed by atoms with Crippen LogP contribution in [0, 0.1) is 5.82 Å². The smallest absolute Gasteiger partial charge is 0.257 e. The van der Waals surface area contributed by atoms with Crippen molar-refractivity contribution < 1.29 is 17.6 Å². The summed E-state index contributed by atoms with van der Waals surface area (Å²) in [6.45, 7) is 1.94. The highest BCUT2D eigenvalue weighted by Gasteiger charge is 2.32. The highest BCUT2D eigenvalue weighted by molar-refractivity contribution is 7.90. The lowest BCUT2D eigenvalue weighted by atomic mass is 9.92. The molecule has 0 aliphatic carbocycles. The topological polar surface area (TPSA) is 84.3 Å². The molecule has 0 radical (unpaired) electrons. The minimum absolute atomic E-state index is 0.0517. The first-order valence-corrected chi connectivity index (χ1v) is 16.1. The number of sulfone groups is 1. The molecular weight excluding hydrogens is 551 g/mol. The van der Waals surface area contributed by atoms with Gasteiger partial charge in [0.2, 0.25) is 0 Å². The van der Waals surface area contributed by atoms with Gasteiger partial charge in [0.05, 0.1) is 28.0 Å². The summed E-state index contributed by atoms with van der Waals surface area (Å²) in [5.41, 5.74) is 5.21. The summed E-state index contributed by atoms with van der Waals surface area (Å²) in [7, 11) is -3.26. The maximum atomic E-state index is 14.0. The predicted octanol–water partition coefficient (Wildman–Crippen LogP) is 5.03. The molecule has 9 heteroatoms. The molecule has 0 spiro atoms. The van der Waals surface area contributed by atoms with Gasteiger partial charge in [-0.3, -0.25) is 4.79 Å². The Hall–Kier alpha value is -4.08. The first kappa shape index (κ1) is 28.1. The van der Waals surface area contributed by atoms with Gasteiger partial charge in [-0.05, 0) is 72.4 Å². The molecule has 216 valence electrons. The molecule has 3 aromatic carbocycles. The van der Waals surface area contributed by atoms with Crippen LogP contribution in [-0.4, -0.2) is 60.9 Å². The molecule has 1 unspecified atom stereocenters. The second-order valence-corrected chi connectivity index (χ2v) is 13.1. The van der Waals surface area contributed by atoms with Crippen LogP contribution in [0.15, 0.2) is 96.0 Å². The molecule has 1 saturated heterocycles. The quantitative estimate of drug-likeness (QED) is 0.329. The third kappa shape index (κ3) is 5.93. The van der Waals surface area contributed by atoms with Gasteiger partial charge in [-0.15, -0.1) is 0 Å². The van der Waals surface area contributed by atoms with Gasteiger partial charge in [-0.1, -0.05) is 48.5 Å². The van der Waals surface area contributed by atoms with E-state index < -0.39 is 9.84 Å².